The van der Waals surface area contributed by atoms with Crippen molar-refractivity contribution >= 4 is 5.52 Å². The van der Waals surface area contributed by atoms with Crippen LogP contribution in [0.4, 0.5) is 0 Å². The summed E-state index contributed by atoms with van der Waals surface area (Å²) >= 11 is 0. The summed E-state index contributed by atoms with van der Waals surface area (Å²) in [5.41, 5.74) is 1.05. The van der Waals surface area contributed by atoms with E-state index < -0.39 is 0 Å². The van der Waals surface area contributed by atoms with Crippen LogP contribution in [0.5, 0.6) is 5.75 Å². The second-order valence-electron chi connectivity index (χ2n) is 4.04. The summed E-state index contributed by atoms with van der Waals surface area (Å²) in [7, 11) is 1.66. The number of hydrogen-bond acceptors (Lipinski definition) is 4. The minimum Gasteiger partial charge on any atom is -0.495 e. The molecule has 0 radical (unpaired) electrons. The first-order chi connectivity index (χ1) is 8.38. The predicted molar refractivity (Wildman–Crippen MR) is 63.3 cm³/mol. The van der Waals surface area contributed by atoms with Crippen LogP contribution in [0, 0.1) is 0 Å². The van der Waals surface area contributed by atoms with Gasteiger partial charge in [0.2, 0.25) is 0 Å². The molecule has 1 aliphatic rings. The molecule has 0 spiro atoms. The number of nitrogens with zero attached hydrogens (tertiary/aromatic N) is 2. The van der Waals surface area contributed by atoms with Crippen molar-refractivity contribution < 1.29 is 9.47 Å². The Balaban J connectivity index is 2.02. The highest BCUT2D eigenvalue weighted by molar-refractivity contribution is 5.48. The lowest BCUT2D eigenvalue weighted by molar-refractivity contribution is 0.0218. The zero-order valence-corrected chi connectivity index (χ0v) is 9.72. The fourth-order valence-corrected chi connectivity index (χ4v) is 2.08. The quantitative estimate of drug-likeness (QED) is 0.840. The summed E-state index contributed by atoms with van der Waals surface area (Å²) in [5.74, 6) is 1.74. The Morgan fingerprint density at radius 2 is 2.47 bits per heavy atom. The molecule has 17 heavy (non-hydrogen) atoms. The largest absolute Gasteiger partial charge is 0.495 e. The molecule has 0 bridgehead atoms. The van der Waals surface area contributed by atoms with E-state index in [9.17, 15) is 0 Å². The van der Waals surface area contributed by atoms with Crippen molar-refractivity contribution in [3.05, 3.63) is 30.4 Å². The van der Waals surface area contributed by atoms with Gasteiger partial charge in [-0.05, 0) is 12.1 Å². The van der Waals surface area contributed by atoms with Crippen LogP contribution < -0.4 is 10.1 Å². The third-order valence-electron chi connectivity index (χ3n) is 2.98. The molecule has 1 unspecified atom stereocenters. The third kappa shape index (κ3) is 1.87. The molecule has 1 aliphatic heterocycles. The highest BCUT2D eigenvalue weighted by atomic mass is 16.5. The number of morpholine rings is 1. The average molecular weight is 233 g/mol. The number of pyridine rings is 1. The lowest BCUT2D eigenvalue weighted by Crippen LogP contribution is -2.34. The third-order valence-corrected chi connectivity index (χ3v) is 2.98. The Kier molecular flexibility index (Phi) is 2.70. The number of aromatic nitrogens is 2. The monoisotopic (exact) mass is 233 g/mol. The first-order valence-corrected chi connectivity index (χ1v) is 5.72. The predicted octanol–water partition coefficient (Wildman–Crippen LogP) is 1.00. The summed E-state index contributed by atoms with van der Waals surface area (Å²) < 4.78 is 13.0. The number of fused-ring (bicyclic) bond motifs is 1. The Morgan fingerprint density at radius 1 is 1.53 bits per heavy atom. The molecule has 2 aromatic rings. The highest BCUT2D eigenvalue weighted by Gasteiger charge is 2.20. The van der Waals surface area contributed by atoms with E-state index in [0.29, 0.717) is 0 Å². The Morgan fingerprint density at radius 3 is 3.24 bits per heavy atom. The van der Waals surface area contributed by atoms with Gasteiger partial charge in [-0.15, -0.1) is 0 Å². The van der Waals surface area contributed by atoms with E-state index >= 15 is 0 Å². The van der Waals surface area contributed by atoms with E-state index in [4.69, 9.17) is 9.47 Å². The van der Waals surface area contributed by atoms with Crippen molar-refractivity contribution in [1.29, 1.82) is 0 Å². The minimum absolute atomic E-state index is 0.0124. The lowest BCUT2D eigenvalue weighted by atomic mass is 10.3. The van der Waals surface area contributed by atoms with Gasteiger partial charge in [-0.25, -0.2) is 4.98 Å². The molecular weight excluding hydrogens is 218 g/mol. The van der Waals surface area contributed by atoms with Gasteiger partial charge < -0.3 is 14.8 Å². The van der Waals surface area contributed by atoms with Crippen LogP contribution >= 0.6 is 0 Å². The van der Waals surface area contributed by atoms with Crippen molar-refractivity contribution in [2.75, 3.05) is 26.8 Å². The molecule has 5 heteroatoms. The van der Waals surface area contributed by atoms with Crippen molar-refractivity contribution in [2.24, 2.45) is 0 Å². The van der Waals surface area contributed by atoms with Gasteiger partial charge in [0.15, 0.2) is 0 Å². The topological polar surface area (TPSA) is 47.8 Å². The highest BCUT2D eigenvalue weighted by Crippen LogP contribution is 2.21. The number of imidazole rings is 1. The summed E-state index contributed by atoms with van der Waals surface area (Å²) in [6.07, 6.45) is 3.81. The van der Waals surface area contributed by atoms with Crippen LogP contribution in [0.25, 0.3) is 5.52 Å². The summed E-state index contributed by atoms with van der Waals surface area (Å²) in [6.45, 7) is 2.43. The van der Waals surface area contributed by atoms with Crippen LogP contribution in [-0.4, -0.2) is 36.2 Å². The molecule has 0 aliphatic carbocycles. The second-order valence-corrected chi connectivity index (χ2v) is 4.04. The van der Waals surface area contributed by atoms with Crippen molar-refractivity contribution in [3.8, 4) is 5.75 Å². The number of nitrogens with one attached hydrogen (secondary N) is 1. The van der Waals surface area contributed by atoms with Gasteiger partial charge in [-0.2, -0.15) is 0 Å². The van der Waals surface area contributed by atoms with Gasteiger partial charge in [0.05, 0.1) is 31.6 Å². The standard InChI is InChI=1S/C12H15N3O2/c1-16-10-3-2-9-6-14-12(15(9)8-10)11-7-13-4-5-17-11/h2-3,6,8,11,13H,4-5,7H2,1H3. The lowest BCUT2D eigenvalue weighted by Gasteiger charge is -2.22. The molecule has 1 atom stereocenters. The Labute approximate surface area is 99.4 Å². The van der Waals surface area contributed by atoms with Crippen molar-refractivity contribution in [2.45, 2.75) is 6.10 Å². The average Bonchev–Trinajstić information content (AvgIpc) is 2.82. The first-order valence-electron chi connectivity index (χ1n) is 5.72. The van der Waals surface area contributed by atoms with Gasteiger partial charge in [-0.3, -0.25) is 4.40 Å². The van der Waals surface area contributed by atoms with E-state index in [2.05, 4.69) is 10.3 Å². The van der Waals surface area contributed by atoms with Gasteiger partial charge in [0.1, 0.15) is 17.7 Å². The molecule has 2 aromatic heterocycles. The van der Waals surface area contributed by atoms with Crippen LogP contribution in [0.3, 0.4) is 0 Å². The van der Waals surface area contributed by atoms with Crippen LogP contribution in [-0.2, 0) is 4.74 Å². The maximum atomic E-state index is 5.72. The first kappa shape index (κ1) is 10.6. The normalized spacial score (nSPS) is 20.6. The molecule has 1 saturated heterocycles. The number of ether oxygens (including phenoxy) is 2. The minimum atomic E-state index is 0.0124. The summed E-state index contributed by atoms with van der Waals surface area (Å²) in [6, 6.07) is 3.92. The SMILES string of the molecule is COc1ccc2cnc(C3CNCCO3)n2c1. The zero-order chi connectivity index (χ0) is 11.7. The molecule has 3 rings (SSSR count). The van der Waals surface area contributed by atoms with E-state index in [-0.39, 0.29) is 6.10 Å². The van der Waals surface area contributed by atoms with Crippen LogP contribution in [0.1, 0.15) is 11.9 Å². The van der Waals surface area contributed by atoms with Crippen molar-refractivity contribution in [1.82, 2.24) is 14.7 Å². The second kappa shape index (κ2) is 4.35. The van der Waals surface area contributed by atoms with Crippen molar-refractivity contribution in [3.63, 3.8) is 0 Å². The van der Waals surface area contributed by atoms with E-state index in [1.54, 1.807) is 7.11 Å². The molecule has 3 heterocycles. The van der Waals surface area contributed by atoms with E-state index in [1.165, 1.54) is 0 Å². The number of hydrogen-bond donors (Lipinski definition) is 1. The molecule has 0 aromatic carbocycles. The maximum Gasteiger partial charge on any atom is 0.143 e. The molecule has 5 nitrogen and oxygen atoms in total. The Bertz CT molecular complexity index is 517. The molecule has 90 valence electrons. The number of methoxy groups -OCH3 is 1. The van der Waals surface area contributed by atoms with Gasteiger partial charge in [0, 0.05) is 13.1 Å². The van der Waals surface area contributed by atoms with Gasteiger partial charge >= 0.3 is 0 Å². The van der Waals surface area contributed by atoms with Gasteiger partial charge in [0.25, 0.3) is 0 Å². The van der Waals surface area contributed by atoms with Crippen LogP contribution in [0.15, 0.2) is 24.5 Å². The van der Waals surface area contributed by atoms with E-state index in [0.717, 1.165) is 36.8 Å². The molecule has 1 fully saturated rings. The van der Waals surface area contributed by atoms with Gasteiger partial charge in [-0.1, -0.05) is 0 Å². The molecule has 1 N–H and O–H groups in total. The maximum absolute atomic E-state index is 5.72. The molecular formula is C12H15N3O2. The summed E-state index contributed by atoms with van der Waals surface area (Å²) in [5, 5.41) is 3.31. The number of rotatable bonds is 2. The zero-order valence-electron chi connectivity index (χ0n) is 9.72. The molecule has 0 saturated carbocycles. The Hall–Kier alpha value is -1.59. The smallest absolute Gasteiger partial charge is 0.143 e. The fraction of sp³-hybridized carbons (Fsp3) is 0.417. The fourth-order valence-electron chi connectivity index (χ4n) is 2.08. The molecule has 0 amide bonds. The van der Waals surface area contributed by atoms with E-state index in [1.807, 2.05) is 28.9 Å². The summed E-state index contributed by atoms with van der Waals surface area (Å²) in [4.78, 5) is 4.44. The van der Waals surface area contributed by atoms with Crippen LogP contribution in [0.2, 0.25) is 0 Å².